The number of hydrogen-bond donors (Lipinski definition) is 1. The highest BCUT2D eigenvalue weighted by molar-refractivity contribution is 7.99. The molecule has 2 aromatic carbocycles. The van der Waals surface area contributed by atoms with Gasteiger partial charge in [-0.1, -0.05) is 56.3 Å². The lowest BCUT2D eigenvalue weighted by molar-refractivity contribution is -0.113. The zero-order valence-corrected chi connectivity index (χ0v) is 25.2. The van der Waals surface area contributed by atoms with Crippen molar-refractivity contribution in [3.8, 4) is 11.4 Å². The molecule has 0 radical (unpaired) electrons. The molecule has 2 aromatic heterocycles. The second-order valence-electron chi connectivity index (χ2n) is 10.8. The molecule has 0 bridgehead atoms. The highest BCUT2D eigenvalue weighted by Crippen LogP contribution is 2.36. The number of halogens is 1. The summed E-state index contributed by atoms with van der Waals surface area (Å²) in [6.45, 7) is 8.26. The van der Waals surface area contributed by atoms with Crippen molar-refractivity contribution >= 4 is 56.5 Å². The highest BCUT2D eigenvalue weighted by atomic mass is 35.5. The molecule has 1 N–H and O–H groups in total. The van der Waals surface area contributed by atoms with E-state index >= 15 is 0 Å². The second kappa shape index (κ2) is 11.0. The fraction of sp³-hybridized carbons (Fsp3) is 0.367. The topological polar surface area (TPSA) is 73.2 Å². The SMILES string of the molecule is COc1ccc(C(C)(C)C)cc1NC(=O)CSc1nc2sc3c(c2c(=O)n1-c1cccc(Cl)c1C)CCCC3. The molecular formula is C30H32ClN3O3S2. The number of nitrogens with one attached hydrogen (secondary N) is 1. The van der Waals surface area contributed by atoms with Gasteiger partial charge in [-0.15, -0.1) is 11.3 Å². The fourth-order valence-electron chi connectivity index (χ4n) is 4.92. The molecule has 1 aliphatic carbocycles. The molecule has 1 amide bonds. The largest absolute Gasteiger partial charge is 0.495 e. The zero-order valence-electron chi connectivity index (χ0n) is 22.8. The number of benzene rings is 2. The average Bonchev–Trinajstić information content (AvgIpc) is 3.27. The van der Waals surface area contributed by atoms with Gasteiger partial charge in [-0.2, -0.15) is 0 Å². The van der Waals surface area contributed by atoms with Crippen molar-refractivity contribution in [2.24, 2.45) is 0 Å². The number of rotatable bonds is 6. The molecule has 0 saturated carbocycles. The van der Waals surface area contributed by atoms with Crippen LogP contribution in [0.2, 0.25) is 5.02 Å². The Morgan fingerprint density at radius 1 is 1.21 bits per heavy atom. The quantitative estimate of drug-likeness (QED) is 0.191. The first kappa shape index (κ1) is 27.7. The number of thioether (sulfide) groups is 1. The number of aromatic nitrogens is 2. The lowest BCUT2D eigenvalue weighted by Crippen LogP contribution is -2.24. The third-order valence-corrected chi connectivity index (χ3v) is 9.64. The minimum absolute atomic E-state index is 0.0749. The summed E-state index contributed by atoms with van der Waals surface area (Å²) >= 11 is 9.30. The van der Waals surface area contributed by atoms with Gasteiger partial charge in [0, 0.05) is 9.90 Å². The van der Waals surface area contributed by atoms with E-state index in [1.165, 1.54) is 16.6 Å². The molecule has 0 atom stereocenters. The number of fused-ring (bicyclic) bond motifs is 3. The molecule has 2 heterocycles. The van der Waals surface area contributed by atoms with E-state index < -0.39 is 0 Å². The van der Waals surface area contributed by atoms with E-state index in [2.05, 4.69) is 26.1 Å². The lowest BCUT2D eigenvalue weighted by Gasteiger charge is -2.21. The van der Waals surface area contributed by atoms with Crippen LogP contribution in [0.15, 0.2) is 46.3 Å². The standard InChI is InChI=1S/C30H32ClN3O3S2/c1-17-20(31)10-8-11-22(17)34-28(36)26-19-9-6-7-12-24(19)39-27(26)33-29(34)38-16-25(35)32-21-15-18(30(2,3)4)13-14-23(21)37-5/h8,10-11,13-15H,6-7,9,12,16H2,1-5H3,(H,32,35). The highest BCUT2D eigenvalue weighted by Gasteiger charge is 2.24. The lowest BCUT2D eigenvalue weighted by atomic mass is 9.87. The van der Waals surface area contributed by atoms with E-state index in [1.54, 1.807) is 23.0 Å². The number of methoxy groups -OCH3 is 1. The third-order valence-electron chi connectivity index (χ3n) is 7.11. The Morgan fingerprint density at radius 2 is 1.97 bits per heavy atom. The van der Waals surface area contributed by atoms with E-state index in [1.807, 2.05) is 43.3 Å². The van der Waals surface area contributed by atoms with E-state index in [-0.39, 0.29) is 22.6 Å². The molecule has 204 valence electrons. The molecule has 0 saturated heterocycles. The molecule has 0 fully saturated rings. The van der Waals surface area contributed by atoms with Crippen LogP contribution in [-0.4, -0.2) is 28.3 Å². The predicted octanol–water partition coefficient (Wildman–Crippen LogP) is 7.32. The monoisotopic (exact) mass is 581 g/mol. The minimum Gasteiger partial charge on any atom is -0.495 e. The molecule has 0 unspecified atom stereocenters. The van der Waals surface area contributed by atoms with Gasteiger partial charge >= 0.3 is 0 Å². The summed E-state index contributed by atoms with van der Waals surface area (Å²) in [5.41, 5.74) is 4.13. The first-order valence-electron chi connectivity index (χ1n) is 13.0. The van der Waals surface area contributed by atoms with Crippen molar-refractivity contribution in [3.63, 3.8) is 0 Å². The summed E-state index contributed by atoms with van der Waals surface area (Å²) in [6.07, 6.45) is 4.07. The summed E-state index contributed by atoms with van der Waals surface area (Å²) in [6, 6.07) is 11.4. The summed E-state index contributed by atoms with van der Waals surface area (Å²) in [5.74, 6) is 0.459. The van der Waals surface area contributed by atoms with Crippen LogP contribution in [0.3, 0.4) is 0 Å². The number of hydrogen-bond acceptors (Lipinski definition) is 6. The molecule has 6 nitrogen and oxygen atoms in total. The summed E-state index contributed by atoms with van der Waals surface area (Å²) in [7, 11) is 1.59. The number of anilines is 1. The van der Waals surface area contributed by atoms with E-state index in [9.17, 15) is 9.59 Å². The molecule has 39 heavy (non-hydrogen) atoms. The second-order valence-corrected chi connectivity index (χ2v) is 13.2. The van der Waals surface area contributed by atoms with Gasteiger partial charge in [-0.25, -0.2) is 4.98 Å². The van der Waals surface area contributed by atoms with Crippen LogP contribution in [0.4, 0.5) is 5.69 Å². The van der Waals surface area contributed by atoms with Gasteiger partial charge in [0.15, 0.2) is 5.16 Å². The van der Waals surface area contributed by atoms with Gasteiger partial charge in [0.2, 0.25) is 5.91 Å². The predicted molar refractivity (Wildman–Crippen MR) is 163 cm³/mol. The van der Waals surface area contributed by atoms with Gasteiger partial charge < -0.3 is 10.1 Å². The first-order chi connectivity index (χ1) is 18.6. The summed E-state index contributed by atoms with van der Waals surface area (Å²) in [4.78, 5) is 34.2. The van der Waals surface area contributed by atoms with Crippen LogP contribution in [0.5, 0.6) is 5.75 Å². The fourth-order valence-corrected chi connectivity index (χ4v) is 7.20. The zero-order chi connectivity index (χ0) is 27.9. The van der Waals surface area contributed by atoms with E-state index in [0.717, 1.165) is 47.2 Å². The van der Waals surface area contributed by atoms with Gasteiger partial charge in [-0.3, -0.25) is 14.2 Å². The van der Waals surface area contributed by atoms with Crippen molar-refractivity contribution in [1.29, 1.82) is 0 Å². The van der Waals surface area contributed by atoms with Gasteiger partial charge in [0.05, 0.1) is 29.6 Å². The van der Waals surface area contributed by atoms with Crippen molar-refractivity contribution in [2.75, 3.05) is 18.2 Å². The Hall–Kier alpha value is -2.81. The maximum atomic E-state index is 14.1. The van der Waals surface area contributed by atoms with Crippen molar-refractivity contribution < 1.29 is 9.53 Å². The average molecular weight is 582 g/mol. The van der Waals surface area contributed by atoms with Crippen molar-refractivity contribution in [3.05, 3.63) is 73.3 Å². The van der Waals surface area contributed by atoms with Gasteiger partial charge in [0.1, 0.15) is 10.6 Å². The molecular weight excluding hydrogens is 550 g/mol. The number of aryl methyl sites for hydroxylation is 2. The minimum atomic E-state index is -0.210. The number of carbonyl (C=O) groups excluding carboxylic acids is 1. The van der Waals surface area contributed by atoms with Gasteiger partial charge in [-0.05, 0) is 79.0 Å². The first-order valence-corrected chi connectivity index (χ1v) is 15.2. The van der Waals surface area contributed by atoms with E-state index in [0.29, 0.717) is 32.7 Å². The number of nitrogens with zero attached hydrogens (tertiary/aromatic N) is 2. The number of carbonyl (C=O) groups is 1. The molecule has 4 aromatic rings. The molecule has 0 spiro atoms. The number of thiophene rings is 1. The Balaban J connectivity index is 1.52. The van der Waals surface area contributed by atoms with Crippen LogP contribution in [0, 0.1) is 6.92 Å². The maximum Gasteiger partial charge on any atom is 0.267 e. The normalized spacial score (nSPS) is 13.4. The molecule has 5 rings (SSSR count). The van der Waals surface area contributed by atoms with Crippen molar-refractivity contribution in [2.45, 2.75) is 63.9 Å². The van der Waals surface area contributed by atoms with Crippen LogP contribution in [0.1, 0.15) is 55.2 Å². The van der Waals surface area contributed by atoms with Crippen LogP contribution < -0.4 is 15.6 Å². The molecule has 9 heteroatoms. The Kier molecular flexibility index (Phi) is 7.82. The Bertz CT molecular complexity index is 1640. The van der Waals surface area contributed by atoms with Crippen LogP contribution >= 0.6 is 34.7 Å². The van der Waals surface area contributed by atoms with Gasteiger partial charge in [0.25, 0.3) is 5.56 Å². The smallest absolute Gasteiger partial charge is 0.267 e. The number of ether oxygens (including phenoxy) is 1. The molecule has 0 aliphatic heterocycles. The Morgan fingerprint density at radius 3 is 2.72 bits per heavy atom. The van der Waals surface area contributed by atoms with E-state index in [4.69, 9.17) is 21.3 Å². The molecule has 1 aliphatic rings. The maximum absolute atomic E-state index is 14.1. The van der Waals surface area contributed by atoms with Crippen LogP contribution in [0.25, 0.3) is 15.9 Å². The Labute approximate surface area is 241 Å². The van der Waals surface area contributed by atoms with Crippen molar-refractivity contribution in [1.82, 2.24) is 9.55 Å². The van der Waals surface area contributed by atoms with Crippen LogP contribution in [-0.2, 0) is 23.1 Å². The summed E-state index contributed by atoms with van der Waals surface area (Å²) in [5, 5.41) is 4.75. The number of amides is 1. The third kappa shape index (κ3) is 5.47. The summed E-state index contributed by atoms with van der Waals surface area (Å²) < 4.78 is 7.12.